The average molecular weight is 413 g/mol. The number of hydrogen-bond acceptors (Lipinski definition) is 7. The van der Waals surface area contributed by atoms with Gasteiger partial charge in [0.25, 0.3) is 0 Å². The van der Waals surface area contributed by atoms with E-state index in [1.807, 2.05) is 22.9 Å². The maximum absolute atomic E-state index is 10.9. The molecule has 0 aromatic heterocycles. The van der Waals surface area contributed by atoms with Crippen LogP contribution in [-0.4, -0.2) is 50.8 Å². The number of fused-ring (bicyclic) bond motifs is 1. The van der Waals surface area contributed by atoms with Gasteiger partial charge in [-0.2, -0.15) is 0 Å². The number of piperazine rings is 1. The maximum atomic E-state index is 10.9. The SMILES string of the molecule is O=S(=O)([O-])Nc1cccc(N2CCN(Cc3ccc4c(c3)OCO4)CC2)c1.[Na+]. The predicted molar refractivity (Wildman–Crippen MR) is 99.8 cm³/mol. The summed E-state index contributed by atoms with van der Waals surface area (Å²) in [5, 5.41) is 0. The van der Waals surface area contributed by atoms with Gasteiger partial charge in [-0.05, 0) is 35.9 Å². The third-order valence-corrected chi connectivity index (χ3v) is 5.16. The van der Waals surface area contributed by atoms with Crippen LogP contribution in [0.1, 0.15) is 5.56 Å². The van der Waals surface area contributed by atoms with E-state index in [1.165, 1.54) is 5.56 Å². The number of hydrogen-bond donors (Lipinski definition) is 1. The van der Waals surface area contributed by atoms with E-state index in [0.29, 0.717) is 0 Å². The van der Waals surface area contributed by atoms with Gasteiger partial charge in [0.2, 0.25) is 6.79 Å². The van der Waals surface area contributed by atoms with Gasteiger partial charge in [0.1, 0.15) is 0 Å². The van der Waals surface area contributed by atoms with E-state index < -0.39 is 10.3 Å². The van der Waals surface area contributed by atoms with Gasteiger partial charge in [0.15, 0.2) is 21.8 Å². The van der Waals surface area contributed by atoms with Crippen molar-refractivity contribution in [2.45, 2.75) is 6.54 Å². The molecule has 0 radical (unpaired) electrons. The van der Waals surface area contributed by atoms with Crippen molar-refractivity contribution in [3.63, 3.8) is 0 Å². The van der Waals surface area contributed by atoms with Crippen molar-refractivity contribution in [1.29, 1.82) is 0 Å². The molecule has 4 rings (SSSR count). The van der Waals surface area contributed by atoms with Crippen molar-refractivity contribution in [2.75, 3.05) is 42.6 Å². The van der Waals surface area contributed by atoms with E-state index in [2.05, 4.69) is 15.9 Å². The fourth-order valence-corrected chi connectivity index (χ4v) is 3.79. The molecule has 1 N–H and O–H groups in total. The first kappa shape index (κ1) is 21.2. The molecule has 2 heterocycles. The van der Waals surface area contributed by atoms with Crippen LogP contribution in [0.5, 0.6) is 11.5 Å². The number of anilines is 2. The number of ether oxygens (including phenoxy) is 2. The Labute approximate surface area is 186 Å². The Hall–Kier alpha value is -1.49. The second kappa shape index (κ2) is 8.89. The maximum Gasteiger partial charge on any atom is 1.00 e. The van der Waals surface area contributed by atoms with Gasteiger partial charge in [0, 0.05) is 44.1 Å². The van der Waals surface area contributed by atoms with Crippen LogP contribution in [0.4, 0.5) is 11.4 Å². The summed E-state index contributed by atoms with van der Waals surface area (Å²) in [5.41, 5.74) is 2.36. The van der Waals surface area contributed by atoms with Crippen LogP contribution < -0.4 is 48.7 Å². The molecule has 0 bridgehead atoms. The third kappa shape index (κ3) is 5.31. The summed E-state index contributed by atoms with van der Waals surface area (Å²) >= 11 is 0. The molecule has 0 atom stereocenters. The van der Waals surface area contributed by atoms with Crippen LogP contribution in [0.2, 0.25) is 0 Å². The van der Waals surface area contributed by atoms with Crippen molar-refractivity contribution in [1.82, 2.24) is 4.90 Å². The first-order valence-corrected chi connectivity index (χ1v) is 10.1. The molecule has 1 saturated heterocycles. The summed E-state index contributed by atoms with van der Waals surface area (Å²) in [6, 6.07) is 12.9. The first-order valence-electron chi connectivity index (χ1n) is 8.66. The minimum absolute atomic E-state index is 0. The minimum Gasteiger partial charge on any atom is -0.731 e. The molecule has 28 heavy (non-hydrogen) atoms. The summed E-state index contributed by atoms with van der Waals surface area (Å²) < 4.78 is 45.4. The largest absolute Gasteiger partial charge is 1.00 e. The molecule has 0 amide bonds. The van der Waals surface area contributed by atoms with Gasteiger partial charge in [-0.25, -0.2) is 8.42 Å². The molecule has 0 unspecified atom stereocenters. The van der Waals surface area contributed by atoms with Gasteiger partial charge in [0.05, 0.1) is 0 Å². The summed E-state index contributed by atoms with van der Waals surface area (Å²) in [4.78, 5) is 4.54. The molecule has 2 aromatic carbocycles. The summed E-state index contributed by atoms with van der Waals surface area (Å²) in [5.74, 6) is 1.58. The quantitative estimate of drug-likeness (QED) is 0.477. The second-order valence-electron chi connectivity index (χ2n) is 6.56. The fraction of sp³-hybridized carbons (Fsp3) is 0.333. The number of benzene rings is 2. The van der Waals surface area contributed by atoms with Gasteiger partial charge < -0.3 is 18.9 Å². The first-order chi connectivity index (χ1) is 13.0. The van der Waals surface area contributed by atoms with Crippen molar-refractivity contribution < 1.29 is 52.0 Å². The zero-order valence-corrected chi connectivity index (χ0v) is 18.4. The molecule has 2 aliphatic heterocycles. The molecule has 0 aliphatic carbocycles. The van der Waals surface area contributed by atoms with Gasteiger partial charge >= 0.3 is 29.6 Å². The van der Waals surface area contributed by atoms with E-state index in [0.717, 1.165) is 49.9 Å². The molecule has 8 nitrogen and oxygen atoms in total. The Morgan fingerprint density at radius 1 is 1.00 bits per heavy atom. The normalized spacial score (nSPS) is 16.5. The van der Waals surface area contributed by atoms with Crippen LogP contribution in [0.15, 0.2) is 42.5 Å². The van der Waals surface area contributed by atoms with Crippen LogP contribution in [0, 0.1) is 0 Å². The molecule has 0 spiro atoms. The zero-order chi connectivity index (χ0) is 18.9. The zero-order valence-electron chi connectivity index (χ0n) is 15.6. The molecule has 0 saturated carbocycles. The van der Waals surface area contributed by atoms with E-state index in [9.17, 15) is 13.0 Å². The Morgan fingerprint density at radius 3 is 2.50 bits per heavy atom. The van der Waals surface area contributed by atoms with Crippen LogP contribution >= 0.6 is 0 Å². The van der Waals surface area contributed by atoms with Crippen LogP contribution in [-0.2, 0) is 16.8 Å². The van der Waals surface area contributed by atoms with E-state index in [-0.39, 0.29) is 42.0 Å². The Bertz CT molecular complexity index is 933. The standard InChI is InChI=1S/C18H21N3O5S.Na/c22-27(23,24)19-15-2-1-3-16(11-15)21-8-6-20(7-9-21)12-14-4-5-17-18(10-14)26-13-25-17;/h1-5,10-11,19H,6-9,12-13H2,(H,22,23,24);/q;+1/p-1. The summed E-state index contributed by atoms with van der Waals surface area (Å²) in [7, 11) is -4.52. The van der Waals surface area contributed by atoms with Crippen LogP contribution in [0.25, 0.3) is 0 Å². The van der Waals surface area contributed by atoms with Gasteiger partial charge in [-0.3, -0.25) is 9.62 Å². The molecule has 2 aromatic rings. The number of nitrogens with zero attached hydrogens (tertiary/aromatic N) is 2. The molecular formula is C18H20N3NaO5S. The van der Waals surface area contributed by atoms with Gasteiger partial charge in [-0.1, -0.05) is 12.1 Å². The van der Waals surface area contributed by atoms with Crippen LogP contribution in [0.3, 0.4) is 0 Å². The molecule has 1 fully saturated rings. The topological polar surface area (TPSA) is 94.2 Å². The second-order valence-corrected chi connectivity index (χ2v) is 7.67. The summed E-state index contributed by atoms with van der Waals surface area (Å²) in [6.45, 7) is 4.51. The molecule has 10 heteroatoms. The van der Waals surface area contributed by atoms with Crippen molar-refractivity contribution >= 4 is 21.7 Å². The van der Waals surface area contributed by atoms with Gasteiger partial charge in [-0.15, -0.1) is 0 Å². The number of nitrogens with one attached hydrogen (secondary N) is 1. The average Bonchev–Trinajstić information content (AvgIpc) is 3.09. The van der Waals surface area contributed by atoms with Crippen molar-refractivity contribution in [3.8, 4) is 11.5 Å². The predicted octanol–water partition coefficient (Wildman–Crippen LogP) is -1.39. The van der Waals surface area contributed by atoms with E-state index in [1.54, 1.807) is 18.2 Å². The van der Waals surface area contributed by atoms with E-state index in [4.69, 9.17) is 9.47 Å². The summed E-state index contributed by atoms with van der Waals surface area (Å²) in [6.07, 6.45) is 0. The number of rotatable bonds is 5. The molecule has 144 valence electrons. The Balaban J connectivity index is 0.00000225. The third-order valence-electron chi connectivity index (χ3n) is 4.67. The molecular weight excluding hydrogens is 393 g/mol. The monoisotopic (exact) mass is 413 g/mol. The van der Waals surface area contributed by atoms with E-state index >= 15 is 0 Å². The molecule has 2 aliphatic rings. The van der Waals surface area contributed by atoms with Crippen molar-refractivity contribution in [3.05, 3.63) is 48.0 Å². The smallest absolute Gasteiger partial charge is 0.731 e. The Morgan fingerprint density at radius 2 is 1.75 bits per heavy atom. The van der Waals surface area contributed by atoms with Crippen molar-refractivity contribution in [2.24, 2.45) is 0 Å². The minimum atomic E-state index is -4.52. The Kier molecular flexibility index (Phi) is 6.74. The fourth-order valence-electron chi connectivity index (χ4n) is 3.37.